The molecule has 2 nitrogen and oxygen atoms in total. The van der Waals surface area contributed by atoms with Gasteiger partial charge in [-0.1, -0.05) is 133 Å². The van der Waals surface area contributed by atoms with Crippen LogP contribution in [0.4, 0.5) is 0 Å². The summed E-state index contributed by atoms with van der Waals surface area (Å²) in [6.07, 6.45) is 5.53. The van der Waals surface area contributed by atoms with Crippen molar-refractivity contribution in [2.75, 3.05) is 19.8 Å². The van der Waals surface area contributed by atoms with E-state index in [1.165, 1.54) is 29.5 Å². The summed E-state index contributed by atoms with van der Waals surface area (Å²) in [5.74, 6) is 3.20. The van der Waals surface area contributed by atoms with Crippen LogP contribution in [0.3, 0.4) is 0 Å². The molecule has 0 spiro atoms. The lowest BCUT2D eigenvalue weighted by atomic mass is 10.1. The number of rotatable bonds is 19. The summed E-state index contributed by atoms with van der Waals surface area (Å²) in [5, 5.41) is 8.89. The fourth-order valence-corrected chi connectivity index (χ4v) is 7.41. The second kappa shape index (κ2) is 20.6. The van der Waals surface area contributed by atoms with Gasteiger partial charge in [-0.25, -0.2) is 0 Å². The molecule has 0 fully saturated rings. The topological polar surface area (TPSA) is 29.5 Å². The highest BCUT2D eigenvalue weighted by atomic mass is 32.2. The van der Waals surface area contributed by atoms with E-state index in [1.54, 1.807) is 0 Å². The van der Waals surface area contributed by atoms with Crippen LogP contribution >= 0.6 is 35.3 Å². The Morgan fingerprint density at radius 2 is 0.791 bits per heavy atom. The summed E-state index contributed by atoms with van der Waals surface area (Å²) < 4.78 is 6.70. The first-order valence-electron chi connectivity index (χ1n) is 15.7. The molecule has 0 atom stereocenters. The van der Waals surface area contributed by atoms with Gasteiger partial charge < -0.3 is 9.84 Å². The average Bonchev–Trinajstić information content (AvgIpc) is 3.00. The fraction of sp³-hybridized carbons (Fsp3) is 0.526. The Hall–Kier alpha value is -1.37. The van der Waals surface area contributed by atoms with Crippen molar-refractivity contribution in [1.82, 2.24) is 0 Å². The SMILES string of the molecule is CC(C)(CCCOCCCC(C)(C)SCc1ccccc1)SCc1ccccc1.CC(C)(CCO)SCc1ccccc1. The molecule has 0 bridgehead atoms. The molecule has 0 aliphatic heterocycles. The number of aliphatic hydroxyl groups is 1. The molecule has 0 amide bonds. The zero-order valence-corrected chi connectivity index (χ0v) is 30.0. The van der Waals surface area contributed by atoms with Crippen LogP contribution in [0.15, 0.2) is 91.0 Å². The van der Waals surface area contributed by atoms with Gasteiger partial charge in [-0.05, 0) is 48.8 Å². The molecule has 1 N–H and O–H groups in total. The first-order valence-corrected chi connectivity index (χ1v) is 18.7. The van der Waals surface area contributed by atoms with Gasteiger partial charge >= 0.3 is 0 Å². The molecule has 3 aromatic carbocycles. The van der Waals surface area contributed by atoms with Gasteiger partial charge in [0.05, 0.1) is 0 Å². The summed E-state index contributed by atoms with van der Waals surface area (Å²) in [5.41, 5.74) is 4.17. The van der Waals surface area contributed by atoms with Gasteiger partial charge in [0.1, 0.15) is 0 Å². The van der Waals surface area contributed by atoms with E-state index in [4.69, 9.17) is 9.84 Å². The molecule has 3 aromatic rings. The predicted octanol–water partition coefficient (Wildman–Crippen LogP) is 11.1. The maximum Gasteiger partial charge on any atom is 0.0466 e. The maximum atomic E-state index is 8.89. The van der Waals surface area contributed by atoms with Crippen molar-refractivity contribution in [2.24, 2.45) is 0 Å². The number of ether oxygens (including phenoxy) is 1. The normalized spacial score (nSPS) is 12.1. The van der Waals surface area contributed by atoms with E-state index in [1.807, 2.05) is 41.4 Å². The lowest BCUT2D eigenvalue weighted by molar-refractivity contribution is 0.124. The first kappa shape index (κ1) is 37.8. The Labute approximate surface area is 276 Å². The molecule has 5 heteroatoms. The molecule has 0 aromatic heterocycles. The van der Waals surface area contributed by atoms with E-state index in [-0.39, 0.29) is 11.4 Å². The molecule has 0 aliphatic rings. The second-order valence-electron chi connectivity index (χ2n) is 12.9. The number of benzene rings is 3. The van der Waals surface area contributed by atoms with Crippen LogP contribution in [0.25, 0.3) is 0 Å². The molecule has 0 aliphatic carbocycles. The predicted molar refractivity (Wildman–Crippen MR) is 196 cm³/mol. The van der Waals surface area contributed by atoms with Gasteiger partial charge in [-0.15, -0.1) is 0 Å². The average molecular weight is 641 g/mol. The van der Waals surface area contributed by atoms with E-state index in [2.05, 4.69) is 126 Å². The molecule has 0 heterocycles. The third-order valence-electron chi connectivity index (χ3n) is 7.27. The van der Waals surface area contributed by atoms with Crippen LogP contribution in [-0.4, -0.2) is 39.2 Å². The lowest BCUT2D eigenvalue weighted by Gasteiger charge is -2.25. The third kappa shape index (κ3) is 18.9. The van der Waals surface area contributed by atoms with Crippen molar-refractivity contribution < 1.29 is 9.84 Å². The summed E-state index contributed by atoms with van der Waals surface area (Å²) >= 11 is 5.99. The van der Waals surface area contributed by atoms with Crippen molar-refractivity contribution in [2.45, 2.75) is 105 Å². The maximum absolute atomic E-state index is 8.89. The van der Waals surface area contributed by atoms with Crippen LogP contribution in [-0.2, 0) is 22.0 Å². The smallest absolute Gasteiger partial charge is 0.0466 e. The third-order valence-corrected chi connectivity index (χ3v) is 11.7. The molecule has 0 radical (unpaired) electrons. The van der Waals surface area contributed by atoms with Crippen molar-refractivity contribution in [3.8, 4) is 0 Å². The second-order valence-corrected chi connectivity index (χ2v) is 17.9. The van der Waals surface area contributed by atoms with Crippen LogP contribution in [0.5, 0.6) is 0 Å². The van der Waals surface area contributed by atoms with E-state index >= 15 is 0 Å². The van der Waals surface area contributed by atoms with Gasteiger partial charge in [0.25, 0.3) is 0 Å². The zero-order chi connectivity index (χ0) is 31.4. The van der Waals surface area contributed by atoms with Crippen LogP contribution < -0.4 is 0 Å². The van der Waals surface area contributed by atoms with E-state index in [0.29, 0.717) is 9.49 Å². The van der Waals surface area contributed by atoms with Crippen LogP contribution in [0, 0.1) is 0 Å². The molecule has 3 rings (SSSR count). The van der Waals surface area contributed by atoms with Crippen LogP contribution in [0.2, 0.25) is 0 Å². The van der Waals surface area contributed by atoms with Crippen molar-refractivity contribution >= 4 is 35.3 Å². The molecular weight excluding hydrogens is 585 g/mol. The van der Waals surface area contributed by atoms with Crippen molar-refractivity contribution in [3.05, 3.63) is 108 Å². The van der Waals surface area contributed by atoms with Gasteiger partial charge in [0, 0.05) is 51.3 Å². The van der Waals surface area contributed by atoms with Crippen molar-refractivity contribution in [1.29, 1.82) is 0 Å². The van der Waals surface area contributed by atoms with Gasteiger partial charge in [0.2, 0.25) is 0 Å². The highest BCUT2D eigenvalue weighted by Crippen LogP contribution is 2.34. The van der Waals surface area contributed by atoms with Gasteiger partial charge in [-0.2, -0.15) is 35.3 Å². The minimum absolute atomic E-state index is 0.171. The summed E-state index contributed by atoms with van der Waals surface area (Å²) in [6, 6.07) is 32.0. The van der Waals surface area contributed by atoms with Gasteiger partial charge in [0.15, 0.2) is 0 Å². The van der Waals surface area contributed by atoms with Crippen molar-refractivity contribution in [3.63, 3.8) is 0 Å². The highest BCUT2D eigenvalue weighted by molar-refractivity contribution is 8.00. The lowest BCUT2D eigenvalue weighted by Crippen LogP contribution is -2.17. The Morgan fingerprint density at radius 1 is 0.488 bits per heavy atom. The number of aliphatic hydroxyl groups excluding tert-OH is 1. The molecule has 43 heavy (non-hydrogen) atoms. The minimum Gasteiger partial charge on any atom is -0.396 e. The Kier molecular flexibility index (Phi) is 18.1. The molecular formula is C38H56O2S3. The molecule has 0 saturated carbocycles. The standard InChI is InChI=1S/C26H38OS2.C12H18OS/c1-25(2,28-21-23-13-7-5-8-14-23)17-11-19-27-20-12-18-26(3,4)29-22-24-15-9-6-10-16-24;1-12(2,8-9-13)14-10-11-6-4-3-5-7-11/h5-10,13-16H,11-12,17-22H2,1-4H3;3-7,13H,8-10H2,1-2H3. The van der Waals surface area contributed by atoms with E-state index in [9.17, 15) is 0 Å². The first-order chi connectivity index (χ1) is 20.5. The Bertz CT molecular complexity index is 1030. The highest BCUT2D eigenvalue weighted by Gasteiger charge is 2.20. The summed E-state index contributed by atoms with van der Waals surface area (Å²) in [4.78, 5) is 0. The summed E-state index contributed by atoms with van der Waals surface area (Å²) in [7, 11) is 0. The minimum atomic E-state index is 0.171. The summed E-state index contributed by atoms with van der Waals surface area (Å²) in [6.45, 7) is 15.8. The van der Waals surface area contributed by atoms with E-state index in [0.717, 1.165) is 49.7 Å². The monoisotopic (exact) mass is 640 g/mol. The number of hydrogen-bond donors (Lipinski definition) is 1. The number of hydrogen-bond acceptors (Lipinski definition) is 5. The molecule has 0 unspecified atom stereocenters. The Morgan fingerprint density at radius 3 is 1.09 bits per heavy atom. The largest absolute Gasteiger partial charge is 0.396 e. The Balaban J connectivity index is 0.000000385. The number of thioether (sulfide) groups is 3. The molecule has 0 saturated heterocycles. The molecule has 238 valence electrons. The fourth-order valence-electron chi connectivity index (χ4n) is 4.35. The zero-order valence-electron chi connectivity index (χ0n) is 27.5. The quantitative estimate of drug-likeness (QED) is 0.132. The van der Waals surface area contributed by atoms with E-state index < -0.39 is 0 Å². The van der Waals surface area contributed by atoms with Crippen LogP contribution in [0.1, 0.15) is 90.3 Å². The van der Waals surface area contributed by atoms with Gasteiger partial charge in [-0.3, -0.25) is 0 Å².